The van der Waals surface area contributed by atoms with E-state index >= 15 is 0 Å². The molecule has 2 aromatic rings. The van der Waals surface area contributed by atoms with E-state index in [1.54, 1.807) is 0 Å². The van der Waals surface area contributed by atoms with Crippen LogP contribution >= 0.6 is 0 Å². The largest absolute Gasteiger partial charge is 0.356 e. The lowest BCUT2D eigenvalue weighted by atomic mass is 9.99. The van der Waals surface area contributed by atoms with Crippen molar-refractivity contribution in [3.63, 3.8) is 0 Å². The van der Waals surface area contributed by atoms with Crippen LogP contribution in [0.1, 0.15) is 23.6 Å². The van der Waals surface area contributed by atoms with Crippen LogP contribution in [0.15, 0.2) is 48.5 Å². The fraction of sp³-hybridized carbons (Fsp3) is 0.353. The van der Waals surface area contributed by atoms with E-state index in [0.29, 0.717) is 5.92 Å². The monoisotopic (exact) mass is 267 g/mol. The quantitative estimate of drug-likeness (QED) is 0.923. The molecule has 0 amide bonds. The molecule has 104 valence electrons. The molecule has 1 aromatic heterocycles. The Kier molecular flexibility index (Phi) is 3.97. The van der Waals surface area contributed by atoms with Crippen molar-refractivity contribution in [2.75, 3.05) is 25.0 Å². The van der Waals surface area contributed by atoms with Gasteiger partial charge in [-0.2, -0.15) is 0 Å². The first kappa shape index (κ1) is 13.1. The van der Waals surface area contributed by atoms with Crippen molar-refractivity contribution in [2.45, 2.75) is 18.9 Å². The number of benzene rings is 1. The summed E-state index contributed by atoms with van der Waals surface area (Å²) in [5.41, 5.74) is 2.55. The minimum absolute atomic E-state index is 0.631. The SMILES string of the molecule is CNCc1cccc(N2CCC(c3ccccc3)C2)n1. The summed E-state index contributed by atoms with van der Waals surface area (Å²) in [6.45, 7) is 2.99. The van der Waals surface area contributed by atoms with E-state index in [0.717, 1.165) is 31.1 Å². The second-order valence-electron chi connectivity index (χ2n) is 5.36. The molecule has 2 heterocycles. The molecule has 0 aliphatic carbocycles. The van der Waals surface area contributed by atoms with Gasteiger partial charge < -0.3 is 10.2 Å². The van der Waals surface area contributed by atoms with Gasteiger partial charge in [0.05, 0.1) is 5.69 Å². The zero-order chi connectivity index (χ0) is 13.8. The zero-order valence-corrected chi connectivity index (χ0v) is 11.9. The van der Waals surface area contributed by atoms with E-state index in [1.165, 1.54) is 12.0 Å². The van der Waals surface area contributed by atoms with E-state index in [2.05, 4.69) is 58.7 Å². The molecule has 0 radical (unpaired) electrons. The van der Waals surface area contributed by atoms with Crippen molar-refractivity contribution in [1.29, 1.82) is 0 Å². The van der Waals surface area contributed by atoms with Crippen LogP contribution < -0.4 is 10.2 Å². The van der Waals surface area contributed by atoms with Crippen LogP contribution in [0, 0.1) is 0 Å². The van der Waals surface area contributed by atoms with Gasteiger partial charge in [-0.15, -0.1) is 0 Å². The third-order valence-corrected chi connectivity index (χ3v) is 3.93. The molecule has 20 heavy (non-hydrogen) atoms. The Morgan fingerprint density at radius 3 is 2.80 bits per heavy atom. The molecule has 0 saturated carbocycles. The maximum Gasteiger partial charge on any atom is 0.128 e. The van der Waals surface area contributed by atoms with Crippen LogP contribution in [0.25, 0.3) is 0 Å². The van der Waals surface area contributed by atoms with Crippen LogP contribution in [-0.4, -0.2) is 25.1 Å². The summed E-state index contributed by atoms with van der Waals surface area (Å²) in [6, 6.07) is 17.1. The van der Waals surface area contributed by atoms with Crippen LogP contribution in [-0.2, 0) is 6.54 Å². The highest BCUT2D eigenvalue weighted by Crippen LogP contribution is 2.29. The number of pyridine rings is 1. The predicted molar refractivity (Wildman–Crippen MR) is 83.0 cm³/mol. The number of hydrogen-bond acceptors (Lipinski definition) is 3. The average molecular weight is 267 g/mol. The predicted octanol–water partition coefficient (Wildman–Crippen LogP) is 2.79. The Morgan fingerprint density at radius 2 is 2.00 bits per heavy atom. The Bertz CT molecular complexity index is 553. The molecule has 3 rings (SSSR count). The van der Waals surface area contributed by atoms with Crippen LogP contribution in [0.5, 0.6) is 0 Å². The Balaban J connectivity index is 1.72. The van der Waals surface area contributed by atoms with E-state index in [-0.39, 0.29) is 0 Å². The van der Waals surface area contributed by atoms with Crippen molar-refractivity contribution in [2.24, 2.45) is 0 Å². The summed E-state index contributed by atoms with van der Waals surface area (Å²) in [5, 5.41) is 3.16. The molecular formula is C17H21N3. The standard InChI is InChI=1S/C17H21N3/c1-18-12-16-8-5-9-17(19-16)20-11-10-15(13-20)14-6-3-2-4-7-14/h2-9,15,18H,10-13H2,1H3. The average Bonchev–Trinajstić information content (AvgIpc) is 2.99. The normalized spacial score (nSPS) is 18.4. The minimum atomic E-state index is 0.631. The molecule has 3 heteroatoms. The summed E-state index contributed by atoms with van der Waals surface area (Å²) < 4.78 is 0. The highest BCUT2D eigenvalue weighted by molar-refractivity contribution is 5.42. The van der Waals surface area contributed by atoms with Gasteiger partial charge in [-0.25, -0.2) is 4.98 Å². The molecule has 1 aliphatic heterocycles. The fourth-order valence-electron chi connectivity index (χ4n) is 2.89. The molecule has 0 bridgehead atoms. The van der Waals surface area contributed by atoms with Gasteiger partial charge >= 0.3 is 0 Å². The molecule has 1 aliphatic rings. The lowest BCUT2D eigenvalue weighted by Crippen LogP contribution is -2.21. The van der Waals surface area contributed by atoms with Crippen molar-refractivity contribution in [3.8, 4) is 0 Å². The smallest absolute Gasteiger partial charge is 0.128 e. The molecule has 1 atom stereocenters. The molecular weight excluding hydrogens is 246 g/mol. The topological polar surface area (TPSA) is 28.2 Å². The second-order valence-corrected chi connectivity index (χ2v) is 5.36. The fourth-order valence-corrected chi connectivity index (χ4v) is 2.89. The molecule has 3 nitrogen and oxygen atoms in total. The summed E-state index contributed by atoms with van der Waals surface area (Å²) in [5.74, 6) is 1.74. The van der Waals surface area contributed by atoms with Gasteiger partial charge in [0.25, 0.3) is 0 Å². The van der Waals surface area contributed by atoms with Crippen LogP contribution in [0.2, 0.25) is 0 Å². The van der Waals surface area contributed by atoms with Crippen molar-refractivity contribution < 1.29 is 0 Å². The Hall–Kier alpha value is -1.87. The molecule has 1 fully saturated rings. The number of aromatic nitrogens is 1. The molecule has 1 saturated heterocycles. The summed E-state index contributed by atoms with van der Waals surface area (Å²) in [7, 11) is 1.95. The maximum absolute atomic E-state index is 4.74. The van der Waals surface area contributed by atoms with Gasteiger partial charge in [0, 0.05) is 25.6 Å². The highest BCUT2D eigenvalue weighted by Gasteiger charge is 2.24. The molecule has 1 unspecified atom stereocenters. The molecule has 1 N–H and O–H groups in total. The first-order chi connectivity index (χ1) is 9.86. The third-order valence-electron chi connectivity index (χ3n) is 3.93. The molecule has 1 aromatic carbocycles. The Labute approximate surface area is 120 Å². The van der Waals surface area contributed by atoms with Crippen LogP contribution in [0.3, 0.4) is 0 Å². The number of nitrogens with one attached hydrogen (secondary N) is 1. The first-order valence-electron chi connectivity index (χ1n) is 7.27. The summed E-state index contributed by atoms with van der Waals surface area (Å²) >= 11 is 0. The number of rotatable bonds is 4. The zero-order valence-electron chi connectivity index (χ0n) is 11.9. The van der Waals surface area contributed by atoms with E-state index < -0.39 is 0 Å². The van der Waals surface area contributed by atoms with Gasteiger partial charge in [0.1, 0.15) is 5.82 Å². The minimum Gasteiger partial charge on any atom is -0.356 e. The summed E-state index contributed by atoms with van der Waals surface area (Å²) in [4.78, 5) is 7.14. The van der Waals surface area contributed by atoms with Gasteiger partial charge in [0.15, 0.2) is 0 Å². The van der Waals surface area contributed by atoms with Gasteiger partial charge in [-0.3, -0.25) is 0 Å². The van der Waals surface area contributed by atoms with Crippen molar-refractivity contribution in [1.82, 2.24) is 10.3 Å². The maximum atomic E-state index is 4.74. The highest BCUT2D eigenvalue weighted by atomic mass is 15.2. The van der Waals surface area contributed by atoms with E-state index in [1.807, 2.05) is 7.05 Å². The van der Waals surface area contributed by atoms with Crippen molar-refractivity contribution >= 4 is 5.82 Å². The number of hydrogen-bond donors (Lipinski definition) is 1. The Morgan fingerprint density at radius 1 is 1.15 bits per heavy atom. The summed E-state index contributed by atoms with van der Waals surface area (Å²) in [6.07, 6.45) is 1.21. The molecule has 0 spiro atoms. The number of nitrogens with zero attached hydrogens (tertiary/aromatic N) is 2. The van der Waals surface area contributed by atoms with Crippen molar-refractivity contribution in [3.05, 3.63) is 59.8 Å². The van der Waals surface area contributed by atoms with Gasteiger partial charge in [-0.1, -0.05) is 36.4 Å². The lowest BCUT2D eigenvalue weighted by Gasteiger charge is -2.18. The third kappa shape index (κ3) is 2.83. The lowest BCUT2D eigenvalue weighted by molar-refractivity contribution is 0.770. The van der Waals surface area contributed by atoms with Gasteiger partial charge in [0.2, 0.25) is 0 Å². The van der Waals surface area contributed by atoms with Crippen LogP contribution in [0.4, 0.5) is 5.82 Å². The van der Waals surface area contributed by atoms with Gasteiger partial charge in [-0.05, 0) is 31.2 Å². The second kappa shape index (κ2) is 6.06. The van der Waals surface area contributed by atoms with E-state index in [9.17, 15) is 0 Å². The first-order valence-corrected chi connectivity index (χ1v) is 7.27. The van der Waals surface area contributed by atoms with E-state index in [4.69, 9.17) is 4.98 Å². The number of anilines is 1.